The molecule has 71 heavy (non-hydrogen) atoms. The lowest BCUT2D eigenvalue weighted by Crippen LogP contribution is -1.94. The van der Waals surface area contributed by atoms with Crippen molar-refractivity contribution in [3.05, 3.63) is 255 Å². The monoisotopic (exact) mass is 902 g/mol. The van der Waals surface area contributed by atoms with Crippen LogP contribution in [0.25, 0.3) is 138 Å². The van der Waals surface area contributed by atoms with E-state index < -0.39 is 0 Å². The molecule has 4 heteroatoms. The molecule has 0 saturated carbocycles. The number of benzene rings is 11. The molecule has 0 amide bonds. The van der Waals surface area contributed by atoms with Crippen LogP contribution in [0.5, 0.6) is 0 Å². The van der Waals surface area contributed by atoms with Gasteiger partial charge >= 0.3 is 0 Å². The summed E-state index contributed by atoms with van der Waals surface area (Å²) in [5, 5.41) is 11.0. The summed E-state index contributed by atoms with van der Waals surface area (Å²) < 4.78 is 7.17. The smallest absolute Gasteiger partial charge is 0.0788 e. The number of hydrogen-bond acceptors (Lipinski definition) is 1. The van der Waals surface area contributed by atoms with Gasteiger partial charge in [0.15, 0.2) is 0 Å². The Labute approximate surface area is 409 Å². The third-order valence-corrected chi connectivity index (χ3v) is 14.8. The molecule has 0 unspecified atom stereocenters. The molecule has 0 fully saturated rings. The maximum atomic E-state index is 5.36. The lowest BCUT2D eigenvalue weighted by atomic mass is 9.95. The molecule has 15 aromatic rings. The Kier molecular flexibility index (Phi) is 8.62. The van der Waals surface area contributed by atoms with Gasteiger partial charge in [0.2, 0.25) is 0 Å². The van der Waals surface area contributed by atoms with E-state index >= 15 is 0 Å². The highest BCUT2D eigenvalue weighted by Gasteiger charge is 2.20. The fourth-order valence-corrected chi connectivity index (χ4v) is 11.6. The van der Waals surface area contributed by atoms with Gasteiger partial charge in [-0.3, -0.25) is 0 Å². The second-order valence-electron chi connectivity index (χ2n) is 18.7. The maximum Gasteiger partial charge on any atom is 0.0788 e. The third kappa shape index (κ3) is 6.01. The van der Waals surface area contributed by atoms with Crippen molar-refractivity contribution in [2.45, 2.75) is 0 Å². The summed E-state index contributed by atoms with van der Waals surface area (Å²) in [6.45, 7) is 0. The van der Waals surface area contributed by atoms with Gasteiger partial charge in [-0.15, -0.1) is 0 Å². The average molecular weight is 903 g/mol. The quantitative estimate of drug-likeness (QED) is 0.153. The first-order chi connectivity index (χ1) is 35.2. The van der Waals surface area contributed by atoms with Crippen LogP contribution in [0.15, 0.2) is 255 Å². The zero-order valence-corrected chi connectivity index (χ0v) is 38.5. The SMILES string of the molecule is c1ccc(-n2c3ccccc3c3cc(-c4ccc5c(c4)c4ccccc4n5-c4ccc(-c5ccc(-c6nc7ccccc7c7c6ccc6c7c7ccccc7n6-c6ccccc6)cc5)cc4)ccc32)cc1. The van der Waals surface area contributed by atoms with Gasteiger partial charge in [-0.25, -0.2) is 4.98 Å². The minimum absolute atomic E-state index is 0.991. The van der Waals surface area contributed by atoms with Crippen LogP contribution in [0.3, 0.4) is 0 Å². The first-order valence-corrected chi connectivity index (χ1v) is 24.4. The van der Waals surface area contributed by atoms with E-state index in [4.69, 9.17) is 4.98 Å². The summed E-state index contributed by atoms with van der Waals surface area (Å²) >= 11 is 0. The van der Waals surface area contributed by atoms with Gasteiger partial charge in [0, 0.05) is 71.1 Å². The highest BCUT2D eigenvalue weighted by Crippen LogP contribution is 2.43. The number of fused-ring (bicyclic) bond motifs is 13. The van der Waals surface area contributed by atoms with Crippen molar-refractivity contribution in [2.75, 3.05) is 0 Å². The predicted octanol–water partition coefficient (Wildman–Crippen LogP) is 17.7. The first kappa shape index (κ1) is 39.5. The first-order valence-electron chi connectivity index (χ1n) is 24.4. The molecular weight excluding hydrogens is 861 g/mol. The Morgan fingerprint density at radius 2 is 0.620 bits per heavy atom. The van der Waals surface area contributed by atoms with Crippen LogP contribution in [0, 0.1) is 0 Å². The minimum Gasteiger partial charge on any atom is -0.309 e. The summed E-state index contributed by atoms with van der Waals surface area (Å²) in [5.74, 6) is 0. The van der Waals surface area contributed by atoms with Crippen molar-refractivity contribution in [2.24, 2.45) is 0 Å². The number of hydrogen-bond donors (Lipinski definition) is 0. The molecule has 0 radical (unpaired) electrons. The van der Waals surface area contributed by atoms with Crippen LogP contribution in [-0.2, 0) is 0 Å². The summed E-state index contributed by atoms with van der Waals surface area (Å²) in [7, 11) is 0. The Morgan fingerprint density at radius 3 is 1.20 bits per heavy atom. The fourth-order valence-electron chi connectivity index (χ4n) is 11.6. The Morgan fingerprint density at radius 1 is 0.225 bits per heavy atom. The zero-order valence-electron chi connectivity index (χ0n) is 38.5. The van der Waals surface area contributed by atoms with Crippen molar-refractivity contribution in [1.29, 1.82) is 0 Å². The van der Waals surface area contributed by atoms with Crippen LogP contribution >= 0.6 is 0 Å². The second kappa shape index (κ2) is 15.5. The van der Waals surface area contributed by atoms with E-state index in [9.17, 15) is 0 Å². The molecule has 15 rings (SSSR count). The molecule has 0 aliphatic carbocycles. The van der Waals surface area contributed by atoms with Crippen molar-refractivity contribution >= 4 is 87.1 Å². The minimum atomic E-state index is 0.991. The Bertz CT molecular complexity index is 4600. The maximum absolute atomic E-state index is 5.36. The number of nitrogens with zero attached hydrogens (tertiary/aromatic N) is 4. The molecule has 0 aliphatic heterocycles. The molecule has 330 valence electrons. The van der Waals surface area contributed by atoms with E-state index in [0.29, 0.717) is 0 Å². The van der Waals surface area contributed by atoms with E-state index in [0.717, 1.165) is 44.5 Å². The second-order valence-corrected chi connectivity index (χ2v) is 18.7. The lowest BCUT2D eigenvalue weighted by molar-refractivity contribution is 1.18. The van der Waals surface area contributed by atoms with Gasteiger partial charge in [0.1, 0.15) is 0 Å². The lowest BCUT2D eigenvalue weighted by Gasteiger charge is -2.13. The normalized spacial score (nSPS) is 11.9. The molecule has 0 aliphatic rings. The highest BCUT2D eigenvalue weighted by molar-refractivity contribution is 6.29. The van der Waals surface area contributed by atoms with E-state index in [1.54, 1.807) is 0 Å². The molecule has 0 N–H and O–H groups in total. The zero-order chi connectivity index (χ0) is 46.6. The van der Waals surface area contributed by atoms with Gasteiger partial charge in [0.05, 0.1) is 44.3 Å². The van der Waals surface area contributed by atoms with E-state index in [2.05, 4.69) is 268 Å². The Balaban J connectivity index is 0.794. The van der Waals surface area contributed by atoms with Crippen LogP contribution in [0.4, 0.5) is 0 Å². The van der Waals surface area contributed by atoms with Crippen LogP contribution in [0.2, 0.25) is 0 Å². The summed E-state index contributed by atoms with van der Waals surface area (Å²) in [5.41, 5.74) is 18.4. The molecule has 4 heterocycles. The van der Waals surface area contributed by atoms with Crippen molar-refractivity contribution in [3.63, 3.8) is 0 Å². The number of pyridine rings is 1. The van der Waals surface area contributed by atoms with Gasteiger partial charge in [-0.05, 0) is 113 Å². The van der Waals surface area contributed by atoms with Gasteiger partial charge < -0.3 is 13.7 Å². The summed E-state index contributed by atoms with van der Waals surface area (Å²) in [6, 6.07) is 92.7. The molecule has 4 aromatic heterocycles. The third-order valence-electron chi connectivity index (χ3n) is 14.8. The molecule has 0 spiro atoms. The van der Waals surface area contributed by atoms with Crippen LogP contribution in [0.1, 0.15) is 0 Å². The van der Waals surface area contributed by atoms with E-state index in [-0.39, 0.29) is 0 Å². The molecule has 0 bridgehead atoms. The van der Waals surface area contributed by atoms with Crippen LogP contribution in [-0.4, -0.2) is 18.7 Å². The Hall–Kier alpha value is -9.51. The number of aromatic nitrogens is 4. The fraction of sp³-hybridized carbons (Fsp3) is 0. The van der Waals surface area contributed by atoms with Crippen molar-refractivity contribution in [3.8, 4) is 50.6 Å². The predicted molar refractivity (Wildman–Crippen MR) is 299 cm³/mol. The number of rotatable bonds is 6. The molecule has 0 atom stereocenters. The molecule has 11 aromatic carbocycles. The van der Waals surface area contributed by atoms with E-state index in [1.807, 2.05) is 0 Å². The van der Waals surface area contributed by atoms with Crippen molar-refractivity contribution < 1.29 is 0 Å². The molecular formula is C67H42N4. The summed E-state index contributed by atoms with van der Waals surface area (Å²) in [4.78, 5) is 5.36. The number of para-hydroxylation sites is 6. The molecule has 0 saturated heterocycles. The largest absolute Gasteiger partial charge is 0.309 e. The van der Waals surface area contributed by atoms with Gasteiger partial charge in [-0.1, -0.05) is 164 Å². The standard InChI is InChI=1S/C67H42N4/c1-3-15-48(16-4-1)69-59-24-12-8-19-51(59)56-41-46(33-38-62(56)69)47-34-39-63-57(42-47)52-20-9-13-25-60(52)70(63)50-35-31-44(32-36-50)43-27-29-45(30-28-43)67-55-37-40-64-66(65(55)53-21-7-11-23-58(53)68-67)54-22-10-14-26-61(54)71(64)49-17-5-2-6-18-49/h1-42H. The topological polar surface area (TPSA) is 27.7 Å². The van der Waals surface area contributed by atoms with Gasteiger partial charge in [0.25, 0.3) is 0 Å². The summed E-state index contributed by atoms with van der Waals surface area (Å²) in [6.07, 6.45) is 0. The van der Waals surface area contributed by atoms with Crippen LogP contribution < -0.4 is 0 Å². The average Bonchev–Trinajstić information content (AvgIpc) is 4.09. The van der Waals surface area contributed by atoms with E-state index in [1.165, 1.54) is 93.2 Å². The highest BCUT2D eigenvalue weighted by atomic mass is 15.0. The van der Waals surface area contributed by atoms with Gasteiger partial charge in [-0.2, -0.15) is 0 Å². The molecule has 4 nitrogen and oxygen atoms in total. The van der Waals surface area contributed by atoms with Crippen molar-refractivity contribution in [1.82, 2.24) is 18.7 Å².